The monoisotopic (exact) mass is 402 g/mol. The smallest absolute Gasteiger partial charge is 0.265 e. The summed E-state index contributed by atoms with van der Waals surface area (Å²) >= 11 is 0. The van der Waals surface area contributed by atoms with Gasteiger partial charge in [0.2, 0.25) is 11.8 Å². The summed E-state index contributed by atoms with van der Waals surface area (Å²) in [5, 5.41) is 12.1. The van der Waals surface area contributed by atoms with Crippen LogP contribution in [-0.2, 0) is 0 Å². The Morgan fingerprint density at radius 1 is 1.00 bits per heavy atom. The molecule has 0 aliphatic rings. The normalized spacial score (nSPS) is 11.1. The van der Waals surface area contributed by atoms with Gasteiger partial charge in [0.05, 0.1) is 25.5 Å². The number of methoxy groups -OCH3 is 2. The lowest BCUT2D eigenvalue weighted by atomic mass is 10.1. The van der Waals surface area contributed by atoms with Gasteiger partial charge < -0.3 is 14.6 Å². The summed E-state index contributed by atoms with van der Waals surface area (Å²) in [7, 11) is 3.02. The molecule has 0 saturated carbocycles. The number of aromatic nitrogens is 3. The van der Waals surface area contributed by atoms with E-state index in [1.165, 1.54) is 25.0 Å². The van der Waals surface area contributed by atoms with E-state index in [-0.39, 0.29) is 17.4 Å². The van der Waals surface area contributed by atoms with Crippen LogP contribution < -0.4 is 15.0 Å². The fourth-order valence-electron chi connectivity index (χ4n) is 3.16. The molecule has 1 N–H and O–H groups in total. The highest BCUT2D eigenvalue weighted by Gasteiger charge is 2.19. The summed E-state index contributed by atoms with van der Waals surface area (Å²) in [6.45, 7) is 0. The predicted molar refractivity (Wildman–Crippen MR) is 114 cm³/mol. The maximum Gasteiger partial charge on any atom is 0.265 e. The minimum Gasteiger partial charge on any atom is -0.497 e. The maximum atomic E-state index is 13.2. The number of rotatable bonds is 5. The molecule has 0 spiro atoms. The highest BCUT2D eigenvalue weighted by molar-refractivity contribution is 6.02. The first-order valence-corrected chi connectivity index (χ1v) is 9.04. The first-order valence-electron chi connectivity index (χ1n) is 9.04. The van der Waals surface area contributed by atoms with Gasteiger partial charge in [-0.05, 0) is 24.3 Å². The zero-order valence-corrected chi connectivity index (χ0v) is 16.3. The fraction of sp³-hybridized carbons (Fsp3) is 0.0909. The van der Waals surface area contributed by atoms with Crippen molar-refractivity contribution in [3.63, 3.8) is 0 Å². The Hall–Kier alpha value is -4.20. The van der Waals surface area contributed by atoms with Crippen molar-refractivity contribution in [3.05, 3.63) is 76.8 Å². The molecule has 4 rings (SSSR count). The summed E-state index contributed by atoms with van der Waals surface area (Å²) < 4.78 is 11.8. The largest absolute Gasteiger partial charge is 0.497 e. The van der Waals surface area contributed by atoms with Crippen LogP contribution in [0.15, 0.2) is 70.7 Å². The number of aliphatic imine (C=N–C) groups is 1. The molecule has 8 heteroatoms. The quantitative estimate of drug-likeness (QED) is 0.515. The molecular weight excluding hydrogens is 384 g/mol. The van der Waals surface area contributed by atoms with Crippen LogP contribution in [0.4, 0.5) is 5.95 Å². The van der Waals surface area contributed by atoms with Crippen LogP contribution in [0.1, 0.15) is 5.56 Å². The highest BCUT2D eigenvalue weighted by Crippen LogP contribution is 2.32. The third-order valence-corrected chi connectivity index (χ3v) is 4.59. The molecule has 0 saturated heterocycles. The Labute approximate surface area is 171 Å². The standard InChI is InChI=1S/C22H18N4O4/c1-29-14-8-9-18(19(12-14)30-2)26-20(27)16-7-4-3-6-15(16)17(21(26)28)13-25-22-23-10-5-11-24-22/h3-13,28H,1-2H3/b25-13+. The van der Waals surface area contributed by atoms with Crippen LogP contribution in [0, 0.1) is 0 Å². The zero-order valence-electron chi connectivity index (χ0n) is 16.3. The Morgan fingerprint density at radius 2 is 1.73 bits per heavy atom. The number of aromatic hydroxyl groups is 1. The average molecular weight is 402 g/mol. The number of ether oxygens (including phenoxy) is 2. The van der Waals surface area contributed by atoms with Gasteiger partial charge >= 0.3 is 0 Å². The SMILES string of the molecule is COc1ccc(-n2c(O)c(/C=N/c3ncccn3)c3ccccc3c2=O)c(OC)c1. The minimum atomic E-state index is -0.389. The topological polar surface area (TPSA) is 98.8 Å². The molecule has 0 radical (unpaired) electrons. The third kappa shape index (κ3) is 3.35. The molecular formula is C22H18N4O4. The van der Waals surface area contributed by atoms with E-state index in [0.717, 1.165) is 0 Å². The Bertz CT molecular complexity index is 1300. The van der Waals surface area contributed by atoms with Crippen LogP contribution in [0.3, 0.4) is 0 Å². The summed E-state index contributed by atoms with van der Waals surface area (Å²) in [5.74, 6) is 0.894. The maximum absolute atomic E-state index is 13.2. The summed E-state index contributed by atoms with van der Waals surface area (Å²) in [4.78, 5) is 25.6. The molecule has 2 aromatic heterocycles. The van der Waals surface area contributed by atoms with Crippen molar-refractivity contribution in [1.29, 1.82) is 0 Å². The summed E-state index contributed by atoms with van der Waals surface area (Å²) in [6.07, 6.45) is 4.58. The highest BCUT2D eigenvalue weighted by atomic mass is 16.5. The first kappa shape index (κ1) is 19.1. The van der Waals surface area contributed by atoms with Gasteiger partial charge in [-0.3, -0.25) is 4.79 Å². The van der Waals surface area contributed by atoms with Gasteiger partial charge in [0.1, 0.15) is 11.5 Å². The number of fused-ring (bicyclic) bond motifs is 1. The van der Waals surface area contributed by atoms with E-state index in [4.69, 9.17) is 9.47 Å². The molecule has 0 aliphatic heterocycles. The second-order valence-corrected chi connectivity index (χ2v) is 6.27. The molecule has 4 aromatic rings. The number of hydrogen-bond donors (Lipinski definition) is 1. The summed E-state index contributed by atoms with van der Waals surface area (Å²) in [5.41, 5.74) is 0.340. The van der Waals surface area contributed by atoms with E-state index in [9.17, 15) is 9.90 Å². The lowest BCUT2D eigenvalue weighted by Gasteiger charge is -2.16. The van der Waals surface area contributed by atoms with Crippen molar-refractivity contribution in [1.82, 2.24) is 14.5 Å². The molecule has 0 fully saturated rings. The molecule has 0 unspecified atom stereocenters. The van der Waals surface area contributed by atoms with E-state index in [0.29, 0.717) is 33.5 Å². The van der Waals surface area contributed by atoms with E-state index in [2.05, 4.69) is 15.0 Å². The molecule has 0 amide bonds. The fourth-order valence-corrected chi connectivity index (χ4v) is 3.16. The van der Waals surface area contributed by atoms with Crippen LogP contribution in [0.2, 0.25) is 0 Å². The molecule has 0 atom stereocenters. The van der Waals surface area contributed by atoms with E-state index < -0.39 is 0 Å². The third-order valence-electron chi connectivity index (χ3n) is 4.59. The molecule has 150 valence electrons. The van der Waals surface area contributed by atoms with Crippen molar-refractivity contribution in [2.75, 3.05) is 14.2 Å². The second-order valence-electron chi connectivity index (χ2n) is 6.27. The number of benzene rings is 2. The van der Waals surface area contributed by atoms with Crippen LogP contribution >= 0.6 is 0 Å². The van der Waals surface area contributed by atoms with E-state index in [1.807, 2.05) is 0 Å². The van der Waals surface area contributed by atoms with Crippen molar-refractivity contribution >= 4 is 22.9 Å². The van der Waals surface area contributed by atoms with Crippen LogP contribution in [-0.4, -0.2) is 40.1 Å². The van der Waals surface area contributed by atoms with Crippen molar-refractivity contribution in [3.8, 4) is 23.1 Å². The molecule has 0 bridgehead atoms. The number of hydrogen-bond acceptors (Lipinski definition) is 7. The number of nitrogens with zero attached hydrogens (tertiary/aromatic N) is 4. The lowest BCUT2D eigenvalue weighted by molar-refractivity contribution is 0.389. The number of pyridine rings is 1. The van der Waals surface area contributed by atoms with Gasteiger partial charge in [-0.2, -0.15) is 0 Å². The van der Waals surface area contributed by atoms with Crippen LogP contribution in [0.25, 0.3) is 16.5 Å². The molecule has 8 nitrogen and oxygen atoms in total. The lowest BCUT2D eigenvalue weighted by Crippen LogP contribution is -2.20. The predicted octanol–water partition coefficient (Wildman–Crippen LogP) is 3.25. The Balaban J connectivity index is 2.00. The van der Waals surface area contributed by atoms with Gasteiger partial charge in [0.15, 0.2) is 0 Å². The Kier molecular flexibility index (Phi) is 5.13. The molecule has 30 heavy (non-hydrogen) atoms. The second kappa shape index (κ2) is 8.04. The molecule has 2 aromatic carbocycles. The Morgan fingerprint density at radius 3 is 2.43 bits per heavy atom. The summed E-state index contributed by atoms with van der Waals surface area (Å²) in [6, 6.07) is 13.6. The van der Waals surface area contributed by atoms with Gasteiger partial charge in [-0.1, -0.05) is 18.2 Å². The molecule has 2 heterocycles. The average Bonchev–Trinajstić information content (AvgIpc) is 2.80. The van der Waals surface area contributed by atoms with E-state index >= 15 is 0 Å². The minimum absolute atomic E-state index is 0.237. The first-order chi connectivity index (χ1) is 14.6. The van der Waals surface area contributed by atoms with Gasteiger partial charge in [0, 0.05) is 35.4 Å². The van der Waals surface area contributed by atoms with E-state index in [1.54, 1.807) is 60.9 Å². The van der Waals surface area contributed by atoms with Gasteiger partial charge in [0.25, 0.3) is 5.56 Å². The molecule has 0 aliphatic carbocycles. The zero-order chi connectivity index (χ0) is 21.1. The van der Waals surface area contributed by atoms with Gasteiger partial charge in [-0.25, -0.2) is 19.5 Å². The van der Waals surface area contributed by atoms with Crippen molar-refractivity contribution in [2.45, 2.75) is 0 Å². The van der Waals surface area contributed by atoms with Crippen LogP contribution in [0.5, 0.6) is 17.4 Å². The van der Waals surface area contributed by atoms with Crippen molar-refractivity contribution < 1.29 is 14.6 Å². The van der Waals surface area contributed by atoms with Crippen molar-refractivity contribution in [2.24, 2.45) is 4.99 Å². The van der Waals surface area contributed by atoms with Gasteiger partial charge in [-0.15, -0.1) is 0 Å².